The predicted octanol–water partition coefficient (Wildman–Crippen LogP) is 4.23. The molecular formula is C24H25N3O4. The fourth-order valence-corrected chi connectivity index (χ4v) is 4.72. The highest BCUT2D eigenvalue weighted by Gasteiger charge is 2.66. The maximum atomic E-state index is 13.3. The molecule has 0 unspecified atom stereocenters. The smallest absolute Gasteiger partial charge is 0.435 e. The maximum Gasteiger partial charge on any atom is 0.435 e. The molecule has 1 aliphatic heterocycles. The van der Waals surface area contributed by atoms with Gasteiger partial charge in [0.2, 0.25) is 5.91 Å². The van der Waals surface area contributed by atoms with E-state index in [9.17, 15) is 9.59 Å². The second kappa shape index (κ2) is 6.33. The fourth-order valence-electron chi connectivity index (χ4n) is 4.72. The average molecular weight is 419 g/mol. The number of ether oxygens (including phenoxy) is 2. The lowest BCUT2D eigenvalue weighted by atomic mass is 9.91. The lowest BCUT2D eigenvalue weighted by Gasteiger charge is -2.19. The zero-order valence-electron chi connectivity index (χ0n) is 18.3. The average Bonchev–Trinajstić information content (AvgIpc) is 3.28. The number of anilines is 1. The summed E-state index contributed by atoms with van der Waals surface area (Å²) in [4.78, 5) is 27.6. The minimum atomic E-state index is -0.614. The van der Waals surface area contributed by atoms with Gasteiger partial charge in [-0.2, -0.15) is 9.78 Å². The molecular weight excluding hydrogens is 394 g/mol. The summed E-state index contributed by atoms with van der Waals surface area (Å²) in [5, 5.41) is 5.07. The lowest BCUT2D eigenvalue weighted by Crippen LogP contribution is -2.29. The number of rotatable bonds is 2. The van der Waals surface area contributed by atoms with Gasteiger partial charge in [0.25, 0.3) is 0 Å². The summed E-state index contributed by atoms with van der Waals surface area (Å²) in [6, 6.07) is 11.7. The molecule has 7 heteroatoms. The molecule has 1 amide bonds. The van der Waals surface area contributed by atoms with Gasteiger partial charge in [-0.3, -0.25) is 4.79 Å². The van der Waals surface area contributed by atoms with Crippen molar-refractivity contribution in [1.29, 1.82) is 0 Å². The van der Waals surface area contributed by atoms with Crippen molar-refractivity contribution in [3.05, 3.63) is 53.7 Å². The molecule has 0 radical (unpaired) electrons. The van der Waals surface area contributed by atoms with E-state index < -0.39 is 17.1 Å². The molecule has 2 atom stereocenters. The number of hydrogen-bond donors (Lipinski definition) is 0. The molecule has 1 spiro atoms. The van der Waals surface area contributed by atoms with Crippen molar-refractivity contribution in [3.63, 3.8) is 0 Å². The quantitative estimate of drug-likeness (QED) is 0.622. The molecule has 31 heavy (non-hydrogen) atoms. The van der Waals surface area contributed by atoms with Crippen molar-refractivity contribution in [3.8, 4) is 5.75 Å². The molecule has 0 saturated heterocycles. The number of likely N-dealkylation sites (N-methyl/N-ethyl adjacent to an activating group) is 1. The van der Waals surface area contributed by atoms with Gasteiger partial charge in [-0.15, -0.1) is 0 Å². The van der Waals surface area contributed by atoms with Crippen LogP contribution in [0.25, 0.3) is 10.9 Å². The molecule has 3 aromatic rings. The van der Waals surface area contributed by atoms with Gasteiger partial charge in [-0.1, -0.05) is 12.1 Å². The van der Waals surface area contributed by atoms with Crippen LogP contribution in [0.2, 0.25) is 0 Å². The van der Waals surface area contributed by atoms with Gasteiger partial charge in [0.15, 0.2) is 0 Å². The standard InChI is InChI=1S/C24H25N3O4/c1-23(2,3)31-22(29)27-20-10-14(6-7-15(20)13-25-27)18-12-24(18)17-11-16(30-5)8-9-19(17)26(4)21(24)28/h6-11,13,18H,12H2,1-5H3/t18-,24-/m0/s1. The van der Waals surface area contributed by atoms with Crippen LogP contribution in [-0.2, 0) is 14.9 Å². The maximum absolute atomic E-state index is 13.3. The van der Waals surface area contributed by atoms with Gasteiger partial charge in [0.05, 0.1) is 24.2 Å². The first-order valence-corrected chi connectivity index (χ1v) is 10.3. The minimum Gasteiger partial charge on any atom is -0.497 e. The zero-order chi connectivity index (χ0) is 22.1. The van der Waals surface area contributed by atoms with E-state index in [4.69, 9.17) is 9.47 Å². The number of hydrogen-bond acceptors (Lipinski definition) is 5. The second-order valence-electron chi connectivity index (χ2n) is 9.33. The largest absolute Gasteiger partial charge is 0.497 e. The monoisotopic (exact) mass is 419 g/mol. The van der Waals surface area contributed by atoms with Gasteiger partial charge in [0, 0.05) is 24.0 Å². The third kappa shape index (κ3) is 2.83. The highest BCUT2D eigenvalue weighted by atomic mass is 16.6. The molecule has 1 saturated carbocycles. The van der Waals surface area contributed by atoms with E-state index in [1.807, 2.05) is 64.2 Å². The van der Waals surface area contributed by atoms with Crippen LogP contribution in [0, 0.1) is 0 Å². The number of amides is 1. The Morgan fingerprint density at radius 2 is 1.97 bits per heavy atom. The number of methoxy groups -OCH3 is 1. The van der Waals surface area contributed by atoms with Crippen LogP contribution in [0.1, 0.15) is 44.2 Å². The van der Waals surface area contributed by atoms with Gasteiger partial charge < -0.3 is 14.4 Å². The molecule has 0 bridgehead atoms. The van der Waals surface area contributed by atoms with Crippen molar-refractivity contribution < 1.29 is 19.1 Å². The first-order valence-electron chi connectivity index (χ1n) is 10.3. The Labute approximate surface area is 180 Å². The lowest BCUT2D eigenvalue weighted by molar-refractivity contribution is -0.120. The Morgan fingerprint density at radius 1 is 1.19 bits per heavy atom. The molecule has 2 aromatic carbocycles. The summed E-state index contributed by atoms with van der Waals surface area (Å²) < 4.78 is 12.2. The van der Waals surface area contributed by atoms with E-state index in [2.05, 4.69) is 5.10 Å². The van der Waals surface area contributed by atoms with Gasteiger partial charge in [-0.25, -0.2) is 4.79 Å². The van der Waals surface area contributed by atoms with E-state index in [1.165, 1.54) is 4.68 Å². The van der Waals surface area contributed by atoms with E-state index in [-0.39, 0.29) is 11.8 Å². The van der Waals surface area contributed by atoms with Gasteiger partial charge in [0.1, 0.15) is 11.4 Å². The molecule has 160 valence electrons. The van der Waals surface area contributed by atoms with Crippen LogP contribution >= 0.6 is 0 Å². The number of carbonyl (C=O) groups is 2. The molecule has 1 aliphatic carbocycles. The Kier molecular flexibility index (Phi) is 4.00. The zero-order valence-corrected chi connectivity index (χ0v) is 18.3. The van der Waals surface area contributed by atoms with Crippen LogP contribution in [0.5, 0.6) is 5.75 Å². The van der Waals surface area contributed by atoms with E-state index in [0.717, 1.165) is 34.4 Å². The van der Waals surface area contributed by atoms with Crippen LogP contribution in [0.4, 0.5) is 10.5 Å². The SMILES string of the molecule is COc1ccc2c(c1)[C@]1(C[C@H]1c1ccc3cnn(C(=O)OC(C)(C)C)c3c1)C(=O)N2C. The van der Waals surface area contributed by atoms with Crippen LogP contribution in [0.3, 0.4) is 0 Å². The van der Waals surface area contributed by atoms with Gasteiger partial charge in [-0.05, 0) is 62.6 Å². The minimum absolute atomic E-state index is 0.0298. The summed E-state index contributed by atoms with van der Waals surface area (Å²) >= 11 is 0. The summed E-state index contributed by atoms with van der Waals surface area (Å²) in [5.41, 5.74) is 2.42. The highest BCUT2D eigenvalue weighted by molar-refractivity contribution is 6.11. The predicted molar refractivity (Wildman–Crippen MR) is 117 cm³/mol. The van der Waals surface area contributed by atoms with Gasteiger partial charge >= 0.3 is 6.09 Å². The fraction of sp³-hybridized carbons (Fsp3) is 0.375. The van der Waals surface area contributed by atoms with Crippen molar-refractivity contribution in [2.24, 2.45) is 0 Å². The summed E-state index contributed by atoms with van der Waals surface area (Å²) in [5.74, 6) is 0.869. The Morgan fingerprint density at radius 3 is 2.68 bits per heavy atom. The van der Waals surface area contributed by atoms with Crippen molar-refractivity contribution >= 4 is 28.6 Å². The van der Waals surface area contributed by atoms with E-state index in [1.54, 1.807) is 18.2 Å². The van der Waals surface area contributed by atoms with Crippen molar-refractivity contribution in [2.75, 3.05) is 19.1 Å². The molecule has 7 nitrogen and oxygen atoms in total. The van der Waals surface area contributed by atoms with Crippen molar-refractivity contribution in [1.82, 2.24) is 9.78 Å². The molecule has 2 aliphatic rings. The summed E-state index contributed by atoms with van der Waals surface area (Å²) in [6.45, 7) is 5.47. The first kappa shape index (κ1) is 19.6. The van der Waals surface area contributed by atoms with Crippen LogP contribution in [0.15, 0.2) is 42.6 Å². The summed E-state index contributed by atoms with van der Waals surface area (Å²) in [6.07, 6.45) is 1.86. The van der Waals surface area contributed by atoms with Crippen LogP contribution in [-0.4, -0.2) is 41.5 Å². The van der Waals surface area contributed by atoms with Crippen LogP contribution < -0.4 is 9.64 Å². The highest BCUT2D eigenvalue weighted by Crippen LogP contribution is 2.66. The molecule has 0 N–H and O–H groups in total. The molecule has 5 rings (SSSR count). The Bertz CT molecular complexity index is 1240. The van der Waals surface area contributed by atoms with E-state index in [0.29, 0.717) is 5.52 Å². The topological polar surface area (TPSA) is 73.7 Å². The van der Waals surface area contributed by atoms with E-state index >= 15 is 0 Å². The third-order valence-corrected chi connectivity index (χ3v) is 6.26. The molecule has 1 fully saturated rings. The number of benzene rings is 2. The second-order valence-corrected chi connectivity index (χ2v) is 9.33. The molecule has 2 heterocycles. The first-order chi connectivity index (χ1) is 14.7. The van der Waals surface area contributed by atoms with Crippen molar-refractivity contribution in [2.45, 2.75) is 44.1 Å². The number of nitrogens with zero attached hydrogens (tertiary/aromatic N) is 3. The number of carbonyl (C=O) groups excluding carboxylic acids is 2. The third-order valence-electron chi connectivity index (χ3n) is 6.26. The summed E-state index contributed by atoms with van der Waals surface area (Å²) in [7, 11) is 3.45. The number of aromatic nitrogens is 2. The Balaban J connectivity index is 1.55. The Hall–Kier alpha value is -3.35. The normalized spacial score (nSPS) is 22.2. The molecule has 1 aromatic heterocycles. The number of fused-ring (bicyclic) bond motifs is 3.